The molecule has 31 heavy (non-hydrogen) atoms. The van der Waals surface area contributed by atoms with Crippen molar-refractivity contribution in [1.29, 1.82) is 0 Å². The molecule has 0 bridgehead atoms. The minimum Gasteiger partial charge on any atom is -0.497 e. The van der Waals surface area contributed by atoms with E-state index in [4.69, 9.17) is 9.15 Å². The summed E-state index contributed by atoms with van der Waals surface area (Å²) in [5.74, 6) is 0.592. The second kappa shape index (κ2) is 8.58. The van der Waals surface area contributed by atoms with Gasteiger partial charge in [0.1, 0.15) is 29.5 Å². The lowest BCUT2D eigenvalue weighted by Gasteiger charge is -2.12. The van der Waals surface area contributed by atoms with Crippen molar-refractivity contribution in [3.8, 4) is 17.1 Å². The number of rotatable bonds is 6. The molecule has 4 amide bonds. The first-order chi connectivity index (χ1) is 15.0. The molecule has 8 heteroatoms. The van der Waals surface area contributed by atoms with Crippen LogP contribution in [0.15, 0.2) is 76.8 Å². The standard InChI is InChI=1S/C23H19N3O5/c1-30-17-9-7-16(8-10-17)24-21(27)14-26-22(28)19(25-23(26)29)13-18-11-12-20(31-18)15-5-3-2-4-6-15/h2-13H,14H2,1H3,(H,24,27)(H,25,29)/b19-13-. The summed E-state index contributed by atoms with van der Waals surface area (Å²) in [5.41, 5.74) is 1.46. The van der Waals surface area contributed by atoms with Gasteiger partial charge in [0.25, 0.3) is 5.91 Å². The number of anilines is 1. The quantitative estimate of drug-likeness (QED) is 0.472. The second-order valence-corrected chi connectivity index (χ2v) is 6.72. The molecule has 0 spiro atoms. The number of benzene rings is 2. The third-order valence-electron chi connectivity index (χ3n) is 4.61. The van der Waals surface area contributed by atoms with Crippen LogP contribution in [0.25, 0.3) is 17.4 Å². The first-order valence-electron chi connectivity index (χ1n) is 9.47. The predicted molar refractivity (Wildman–Crippen MR) is 114 cm³/mol. The molecule has 8 nitrogen and oxygen atoms in total. The topological polar surface area (TPSA) is 101 Å². The summed E-state index contributed by atoms with van der Waals surface area (Å²) in [6, 6.07) is 19.0. The third-order valence-corrected chi connectivity index (χ3v) is 4.61. The Morgan fingerprint density at radius 3 is 2.52 bits per heavy atom. The first-order valence-corrected chi connectivity index (χ1v) is 9.47. The van der Waals surface area contributed by atoms with E-state index in [1.807, 2.05) is 30.3 Å². The Kier molecular flexibility index (Phi) is 5.53. The van der Waals surface area contributed by atoms with E-state index in [0.29, 0.717) is 23.0 Å². The Hall–Kier alpha value is -4.33. The van der Waals surface area contributed by atoms with Crippen molar-refractivity contribution in [2.24, 2.45) is 0 Å². The van der Waals surface area contributed by atoms with Gasteiger partial charge in [0.2, 0.25) is 5.91 Å². The molecule has 2 N–H and O–H groups in total. The Labute approximate surface area is 178 Å². The normalized spacial score (nSPS) is 14.6. The van der Waals surface area contributed by atoms with Crippen molar-refractivity contribution in [1.82, 2.24) is 10.2 Å². The van der Waals surface area contributed by atoms with Crippen molar-refractivity contribution < 1.29 is 23.5 Å². The zero-order valence-electron chi connectivity index (χ0n) is 16.6. The van der Waals surface area contributed by atoms with Crippen LogP contribution in [-0.2, 0) is 9.59 Å². The maximum Gasteiger partial charge on any atom is 0.329 e. The van der Waals surface area contributed by atoms with Gasteiger partial charge in [-0.25, -0.2) is 9.69 Å². The van der Waals surface area contributed by atoms with Gasteiger partial charge in [0.15, 0.2) is 0 Å². The molecule has 0 atom stereocenters. The molecule has 1 fully saturated rings. The molecule has 1 aliphatic heterocycles. The lowest BCUT2D eigenvalue weighted by atomic mass is 10.2. The minimum absolute atomic E-state index is 0.0382. The van der Waals surface area contributed by atoms with Crippen LogP contribution >= 0.6 is 0 Å². The average molecular weight is 417 g/mol. The summed E-state index contributed by atoms with van der Waals surface area (Å²) in [4.78, 5) is 37.9. The molecule has 1 aliphatic rings. The van der Waals surface area contributed by atoms with E-state index in [0.717, 1.165) is 10.5 Å². The molecule has 0 radical (unpaired) electrons. The number of carbonyl (C=O) groups excluding carboxylic acids is 3. The smallest absolute Gasteiger partial charge is 0.329 e. The fraction of sp³-hybridized carbons (Fsp3) is 0.0870. The van der Waals surface area contributed by atoms with Crippen molar-refractivity contribution in [2.75, 3.05) is 19.0 Å². The summed E-state index contributed by atoms with van der Waals surface area (Å²) in [7, 11) is 1.54. The SMILES string of the molecule is COc1ccc(NC(=O)CN2C(=O)N/C(=C\c3ccc(-c4ccccc4)o3)C2=O)cc1. The summed E-state index contributed by atoms with van der Waals surface area (Å²) in [5, 5.41) is 5.12. The number of imide groups is 1. The van der Waals surface area contributed by atoms with Gasteiger partial charge >= 0.3 is 6.03 Å². The number of amides is 4. The number of hydrogen-bond donors (Lipinski definition) is 2. The van der Waals surface area contributed by atoms with Crippen molar-refractivity contribution in [3.63, 3.8) is 0 Å². The van der Waals surface area contributed by atoms with Gasteiger partial charge in [-0.1, -0.05) is 30.3 Å². The van der Waals surface area contributed by atoms with Crippen molar-refractivity contribution in [3.05, 3.63) is 78.2 Å². The van der Waals surface area contributed by atoms with Crippen LogP contribution in [-0.4, -0.2) is 36.4 Å². The lowest BCUT2D eigenvalue weighted by molar-refractivity contribution is -0.127. The number of urea groups is 1. The Morgan fingerprint density at radius 1 is 1.06 bits per heavy atom. The highest BCUT2D eigenvalue weighted by molar-refractivity contribution is 6.15. The molecule has 2 aromatic carbocycles. The van der Waals surface area contributed by atoms with Crippen molar-refractivity contribution >= 4 is 29.6 Å². The molecule has 156 valence electrons. The molecular weight excluding hydrogens is 398 g/mol. The zero-order chi connectivity index (χ0) is 21.8. The molecule has 3 aromatic rings. The first kappa shape index (κ1) is 20.0. The van der Waals surface area contributed by atoms with Gasteiger partial charge in [0, 0.05) is 17.3 Å². The van der Waals surface area contributed by atoms with E-state index in [1.165, 1.54) is 6.08 Å². The monoisotopic (exact) mass is 417 g/mol. The summed E-state index contributed by atoms with van der Waals surface area (Å²) >= 11 is 0. The van der Waals surface area contributed by atoms with E-state index >= 15 is 0 Å². The number of ether oxygens (including phenoxy) is 1. The van der Waals surface area contributed by atoms with Crippen LogP contribution < -0.4 is 15.4 Å². The van der Waals surface area contributed by atoms with Gasteiger partial charge in [-0.2, -0.15) is 0 Å². The van der Waals surface area contributed by atoms with Crippen LogP contribution in [0.3, 0.4) is 0 Å². The Bertz CT molecular complexity index is 1150. The number of furan rings is 1. The van der Waals surface area contributed by atoms with Gasteiger partial charge < -0.3 is 19.8 Å². The van der Waals surface area contributed by atoms with Gasteiger partial charge in [-0.15, -0.1) is 0 Å². The highest BCUT2D eigenvalue weighted by Crippen LogP contribution is 2.24. The molecule has 0 unspecified atom stereocenters. The number of carbonyl (C=O) groups is 3. The van der Waals surface area contributed by atoms with Gasteiger partial charge in [0.05, 0.1) is 7.11 Å². The maximum absolute atomic E-state index is 12.6. The van der Waals surface area contributed by atoms with E-state index in [-0.39, 0.29) is 5.70 Å². The number of nitrogens with zero attached hydrogens (tertiary/aromatic N) is 1. The zero-order valence-corrected chi connectivity index (χ0v) is 16.6. The molecule has 4 rings (SSSR count). The summed E-state index contributed by atoms with van der Waals surface area (Å²) < 4.78 is 10.8. The fourth-order valence-corrected chi connectivity index (χ4v) is 3.06. The van der Waals surface area contributed by atoms with Gasteiger partial charge in [-0.3, -0.25) is 9.59 Å². The second-order valence-electron chi connectivity index (χ2n) is 6.72. The Morgan fingerprint density at radius 2 is 1.81 bits per heavy atom. The fourth-order valence-electron chi connectivity index (χ4n) is 3.06. The van der Waals surface area contributed by atoms with E-state index in [2.05, 4.69) is 10.6 Å². The minimum atomic E-state index is -0.670. The highest BCUT2D eigenvalue weighted by Gasteiger charge is 2.35. The van der Waals surface area contributed by atoms with Crippen LogP contribution in [0.5, 0.6) is 5.75 Å². The largest absolute Gasteiger partial charge is 0.497 e. The van der Waals surface area contributed by atoms with E-state index in [9.17, 15) is 14.4 Å². The highest BCUT2D eigenvalue weighted by atomic mass is 16.5. The number of methoxy groups -OCH3 is 1. The molecule has 2 heterocycles. The number of hydrogen-bond acceptors (Lipinski definition) is 5. The van der Waals surface area contributed by atoms with Crippen LogP contribution in [0.2, 0.25) is 0 Å². The maximum atomic E-state index is 12.6. The van der Waals surface area contributed by atoms with E-state index in [1.54, 1.807) is 43.5 Å². The molecule has 1 aromatic heterocycles. The van der Waals surface area contributed by atoms with Crippen molar-refractivity contribution in [2.45, 2.75) is 0 Å². The predicted octanol–water partition coefficient (Wildman–Crippen LogP) is 3.49. The Balaban J connectivity index is 1.42. The molecular formula is C23H19N3O5. The number of nitrogens with one attached hydrogen (secondary N) is 2. The van der Waals surface area contributed by atoms with Crippen LogP contribution in [0.4, 0.5) is 10.5 Å². The van der Waals surface area contributed by atoms with E-state index < -0.39 is 24.4 Å². The lowest BCUT2D eigenvalue weighted by Crippen LogP contribution is -2.38. The molecule has 0 saturated carbocycles. The molecule has 1 saturated heterocycles. The van der Waals surface area contributed by atoms with Gasteiger partial charge in [-0.05, 0) is 36.4 Å². The molecule has 0 aliphatic carbocycles. The average Bonchev–Trinajstić information content (AvgIpc) is 3.35. The third kappa shape index (κ3) is 4.48. The van der Waals surface area contributed by atoms with Crippen LogP contribution in [0.1, 0.15) is 5.76 Å². The summed E-state index contributed by atoms with van der Waals surface area (Å²) in [6.07, 6.45) is 1.44. The summed E-state index contributed by atoms with van der Waals surface area (Å²) in [6.45, 7) is -0.415. The van der Waals surface area contributed by atoms with Crippen LogP contribution in [0, 0.1) is 0 Å².